The van der Waals surface area contributed by atoms with E-state index in [1.54, 1.807) is 7.11 Å². The Morgan fingerprint density at radius 1 is 1.03 bits per heavy atom. The maximum atomic E-state index is 10.1. The molecule has 0 radical (unpaired) electrons. The quantitative estimate of drug-likeness (QED) is 0.388. The van der Waals surface area contributed by atoms with Gasteiger partial charge in [0.2, 0.25) is 0 Å². The van der Waals surface area contributed by atoms with Crippen LogP contribution >= 0.6 is 0 Å². The third-order valence-corrected chi connectivity index (χ3v) is 6.81. The van der Waals surface area contributed by atoms with Gasteiger partial charge in [-0.15, -0.1) is 0 Å². The van der Waals surface area contributed by atoms with E-state index >= 15 is 0 Å². The highest BCUT2D eigenvalue weighted by atomic mass is 16.5. The number of hydrogen-bond acceptors (Lipinski definition) is 5. The molecule has 3 heterocycles. The summed E-state index contributed by atoms with van der Waals surface area (Å²) in [6, 6.07) is 20.7. The van der Waals surface area contributed by atoms with E-state index in [1.165, 1.54) is 5.56 Å². The molecule has 0 amide bonds. The first-order chi connectivity index (χ1) is 16.4. The second-order valence-electron chi connectivity index (χ2n) is 9.54. The topological polar surface area (TPSA) is 72.5 Å². The number of aromatic nitrogens is 4. The minimum absolute atomic E-state index is 0.403. The van der Waals surface area contributed by atoms with Gasteiger partial charge >= 0.3 is 0 Å². The van der Waals surface area contributed by atoms with Gasteiger partial charge in [0.25, 0.3) is 0 Å². The third-order valence-electron chi connectivity index (χ3n) is 6.81. The summed E-state index contributed by atoms with van der Waals surface area (Å²) in [7, 11) is 1.69. The van der Waals surface area contributed by atoms with E-state index in [0.29, 0.717) is 5.92 Å². The zero-order chi connectivity index (χ0) is 23.4. The van der Waals surface area contributed by atoms with Gasteiger partial charge in [-0.05, 0) is 50.3 Å². The molecule has 170 valence electrons. The highest BCUT2D eigenvalue weighted by Gasteiger charge is 2.38. The summed E-state index contributed by atoms with van der Waals surface area (Å²) in [5.74, 6) is 1.20. The molecule has 34 heavy (non-hydrogen) atoms. The predicted molar refractivity (Wildman–Crippen MR) is 133 cm³/mol. The number of nitrogens with zero attached hydrogens (tertiary/aromatic N) is 4. The molecular weight excluding hydrogens is 424 g/mol. The minimum atomic E-state index is -0.540. The molecule has 1 N–H and O–H groups in total. The molecule has 0 spiro atoms. The highest BCUT2D eigenvalue weighted by molar-refractivity contribution is 5.92. The van der Waals surface area contributed by atoms with Gasteiger partial charge in [0, 0.05) is 34.3 Å². The Labute approximate surface area is 197 Å². The molecule has 5 aromatic rings. The average molecular weight is 451 g/mol. The summed E-state index contributed by atoms with van der Waals surface area (Å²) in [6.45, 7) is 3.87. The Bertz CT molecular complexity index is 1530. The van der Waals surface area contributed by atoms with E-state index in [9.17, 15) is 5.11 Å². The van der Waals surface area contributed by atoms with Gasteiger partial charge in [-0.25, -0.2) is 9.97 Å². The average Bonchev–Trinajstić information content (AvgIpc) is 3.22. The molecule has 1 aliphatic carbocycles. The number of hydrogen-bond donors (Lipinski definition) is 1. The number of aliphatic hydroxyl groups is 1. The van der Waals surface area contributed by atoms with E-state index in [4.69, 9.17) is 9.72 Å². The van der Waals surface area contributed by atoms with Gasteiger partial charge in [-0.1, -0.05) is 42.5 Å². The zero-order valence-corrected chi connectivity index (χ0v) is 19.5. The number of ether oxygens (including phenoxy) is 1. The highest BCUT2D eigenvalue weighted by Crippen LogP contribution is 2.45. The van der Waals surface area contributed by atoms with E-state index < -0.39 is 5.60 Å². The van der Waals surface area contributed by atoms with Crippen molar-refractivity contribution >= 4 is 16.7 Å². The fraction of sp³-hybridized carbons (Fsp3) is 0.250. The van der Waals surface area contributed by atoms with Gasteiger partial charge in [0.15, 0.2) is 11.3 Å². The van der Waals surface area contributed by atoms with Gasteiger partial charge < -0.3 is 9.84 Å². The largest absolute Gasteiger partial charge is 0.496 e. The number of rotatable bonds is 4. The molecule has 6 heteroatoms. The zero-order valence-electron chi connectivity index (χ0n) is 19.5. The second kappa shape index (κ2) is 7.64. The van der Waals surface area contributed by atoms with Crippen molar-refractivity contribution in [3.05, 3.63) is 78.1 Å². The van der Waals surface area contributed by atoms with Gasteiger partial charge in [-0.3, -0.25) is 0 Å². The summed E-state index contributed by atoms with van der Waals surface area (Å²) in [4.78, 5) is 9.71. The van der Waals surface area contributed by atoms with Crippen LogP contribution < -0.4 is 4.74 Å². The number of methoxy groups -OCH3 is 1. The smallest absolute Gasteiger partial charge is 0.165 e. The number of fused-ring (bicyclic) bond motifs is 3. The molecule has 2 aromatic carbocycles. The first kappa shape index (κ1) is 20.8. The van der Waals surface area contributed by atoms with Gasteiger partial charge in [0.1, 0.15) is 5.75 Å². The van der Waals surface area contributed by atoms with Crippen molar-refractivity contribution in [1.82, 2.24) is 19.6 Å². The third kappa shape index (κ3) is 3.42. The van der Waals surface area contributed by atoms with Crippen molar-refractivity contribution in [2.75, 3.05) is 7.11 Å². The number of aryl methyl sites for hydroxylation is 1. The second-order valence-corrected chi connectivity index (χ2v) is 9.54. The normalized spacial score (nSPS) is 19.9. The molecular formula is C28H26N4O2. The summed E-state index contributed by atoms with van der Waals surface area (Å²) in [5.41, 5.74) is 7.01. The Balaban J connectivity index is 1.55. The molecule has 0 bridgehead atoms. The van der Waals surface area contributed by atoms with E-state index in [0.717, 1.165) is 63.3 Å². The lowest BCUT2D eigenvalue weighted by Gasteiger charge is -2.41. The van der Waals surface area contributed by atoms with E-state index in [1.807, 2.05) is 48.8 Å². The first-order valence-corrected chi connectivity index (χ1v) is 11.5. The van der Waals surface area contributed by atoms with Gasteiger partial charge in [-0.2, -0.15) is 9.61 Å². The standard InChI is InChI=1S/C28H26N4O2/c1-17-12-25-29-16-20-13-23(22-6-4-5-7-24(22)34-3)26(30-27(20)32(25)31-17)19-10-8-18(9-11-19)21-14-28(2,33)15-21/h4-13,16,21,33H,14-15H2,1-3H3. The molecule has 1 fully saturated rings. The summed E-state index contributed by atoms with van der Waals surface area (Å²) in [5, 5.41) is 15.7. The van der Waals surface area contributed by atoms with Gasteiger partial charge in [0.05, 0.1) is 24.1 Å². The van der Waals surface area contributed by atoms with Crippen molar-refractivity contribution in [1.29, 1.82) is 0 Å². The van der Waals surface area contributed by atoms with Crippen molar-refractivity contribution in [3.63, 3.8) is 0 Å². The number of pyridine rings is 1. The summed E-state index contributed by atoms with van der Waals surface area (Å²) in [6.07, 6.45) is 3.46. The van der Waals surface area contributed by atoms with Crippen LogP contribution in [0.4, 0.5) is 0 Å². The Morgan fingerprint density at radius 2 is 1.79 bits per heavy atom. The van der Waals surface area contributed by atoms with Crippen LogP contribution in [0.1, 0.15) is 36.9 Å². The van der Waals surface area contributed by atoms with Crippen LogP contribution in [0.5, 0.6) is 5.75 Å². The fourth-order valence-electron chi connectivity index (χ4n) is 5.10. The van der Waals surface area contributed by atoms with Crippen LogP contribution in [0.25, 0.3) is 39.1 Å². The number of para-hydroxylation sites is 1. The van der Waals surface area contributed by atoms with E-state index in [-0.39, 0.29) is 0 Å². The molecule has 1 saturated carbocycles. The lowest BCUT2D eigenvalue weighted by molar-refractivity contribution is -0.0313. The number of benzene rings is 2. The monoisotopic (exact) mass is 450 g/mol. The van der Waals surface area contributed by atoms with Crippen LogP contribution in [0, 0.1) is 6.92 Å². The lowest BCUT2D eigenvalue weighted by atomic mass is 9.69. The van der Waals surface area contributed by atoms with Crippen molar-refractivity contribution in [3.8, 4) is 28.1 Å². The van der Waals surface area contributed by atoms with Crippen LogP contribution in [-0.2, 0) is 0 Å². The van der Waals surface area contributed by atoms with Crippen LogP contribution in [-0.4, -0.2) is 37.4 Å². The maximum Gasteiger partial charge on any atom is 0.165 e. The molecule has 6 rings (SSSR count). The Kier molecular flexibility index (Phi) is 4.67. The first-order valence-electron chi connectivity index (χ1n) is 11.5. The van der Waals surface area contributed by atoms with Crippen molar-refractivity contribution in [2.45, 2.75) is 38.2 Å². The molecule has 0 atom stereocenters. The Hall–Kier alpha value is -3.77. The van der Waals surface area contributed by atoms with Crippen molar-refractivity contribution in [2.24, 2.45) is 0 Å². The Morgan fingerprint density at radius 3 is 2.53 bits per heavy atom. The molecule has 0 unspecified atom stereocenters. The molecule has 1 aliphatic rings. The fourth-order valence-corrected chi connectivity index (χ4v) is 5.10. The minimum Gasteiger partial charge on any atom is -0.496 e. The summed E-state index contributed by atoms with van der Waals surface area (Å²) >= 11 is 0. The van der Waals surface area contributed by atoms with Crippen LogP contribution in [0.15, 0.2) is 66.9 Å². The van der Waals surface area contributed by atoms with E-state index in [2.05, 4.69) is 46.5 Å². The maximum absolute atomic E-state index is 10.1. The predicted octanol–water partition coefficient (Wildman–Crippen LogP) is 5.56. The molecule has 0 aliphatic heterocycles. The molecule has 3 aromatic heterocycles. The molecule has 0 saturated heterocycles. The molecule has 6 nitrogen and oxygen atoms in total. The SMILES string of the molecule is COc1ccccc1-c1cc2cnc3cc(C)nn3c2nc1-c1ccc(C2CC(C)(O)C2)cc1. The lowest BCUT2D eigenvalue weighted by Crippen LogP contribution is -2.39. The van der Waals surface area contributed by atoms with Crippen LogP contribution in [0.2, 0.25) is 0 Å². The summed E-state index contributed by atoms with van der Waals surface area (Å²) < 4.78 is 7.49. The van der Waals surface area contributed by atoms with Crippen molar-refractivity contribution < 1.29 is 9.84 Å². The van der Waals surface area contributed by atoms with Crippen LogP contribution in [0.3, 0.4) is 0 Å².